The summed E-state index contributed by atoms with van der Waals surface area (Å²) in [6.07, 6.45) is -2.96. The Hall–Kier alpha value is -0.750. The molecule has 1 fully saturated rings. The molecule has 14 heavy (non-hydrogen) atoms. The summed E-state index contributed by atoms with van der Waals surface area (Å²) in [5.74, 6) is -0.317. The van der Waals surface area contributed by atoms with Crippen molar-refractivity contribution in [2.45, 2.75) is 31.4 Å². The Labute approximate surface area is 80.7 Å². The molecule has 1 aliphatic rings. The zero-order valence-electron chi connectivity index (χ0n) is 7.67. The second-order valence-corrected chi connectivity index (χ2v) is 3.30. The fourth-order valence-electron chi connectivity index (χ4n) is 1.33. The highest BCUT2D eigenvalue weighted by atomic mass is 19.3. The van der Waals surface area contributed by atoms with Crippen LogP contribution in [0.2, 0.25) is 0 Å². The first kappa shape index (κ1) is 11.3. The highest BCUT2D eigenvalue weighted by Gasteiger charge is 2.23. The smallest absolute Gasteiger partial charge is 0.265 e. The molecule has 1 heterocycles. The van der Waals surface area contributed by atoms with Crippen LogP contribution in [0.4, 0.5) is 8.78 Å². The van der Waals surface area contributed by atoms with Crippen LogP contribution in [0.3, 0.4) is 0 Å². The van der Waals surface area contributed by atoms with E-state index in [4.69, 9.17) is 5.11 Å². The van der Waals surface area contributed by atoms with Crippen LogP contribution in [-0.2, 0) is 4.79 Å². The molecular weight excluding hydrogens is 194 g/mol. The van der Waals surface area contributed by atoms with E-state index in [1.54, 1.807) is 0 Å². The second-order valence-electron chi connectivity index (χ2n) is 3.30. The monoisotopic (exact) mass is 208 g/mol. The summed E-state index contributed by atoms with van der Waals surface area (Å²) in [6.45, 7) is 0.379. The largest absolute Gasteiger partial charge is 0.385 e. The van der Waals surface area contributed by atoms with Crippen LogP contribution in [0, 0.1) is 0 Å². The Bertz CT molecular complexity index is 196. The molecule has 2 atom stereocenters. The van der Waals surface area contributed by atoms with E-state index in [2.05, 4.69) is 10.6 Å². The zero-order chi connectivity index (χ0) is 10.6. The Kier molecular flexibility index (Phi) is 4.21. The Morgan fingerprint density at radius 1 is 1.64 bits per heavy atom. The van der Waals surface area contributed by atoms with E-state index in [1.807, 2.05) is 0 Å². The maximum Gasteiger partial charge on any atom is 0.265 e. The van der Waals surface area contributed by atoms with Gasteiger partial charge in [-0.25, -0.2) is 8.78 Å². The molecule has 0 radical (unpaired) electrons. The normalized spacial score (nSPS) is 23.9. The molecule has 0 saturated carbocycles. The Morgan fingerprint density at radius 2 is 2.36 bits per heavy atom. The molecular formula is C8H14F2N2O2. The molecule has 1 rings (SSSR count). The van der Waals surface area contributed by atoms with E-state index in [0.29, 0.717) is 0 Å². The first-order chi connectivity index (χ1) is 6.61. The lowest BCUT2D eigenvalue weighted by atomic mass is 10.2. The molecule has 0 aliphatic carbocycles. The van der Waals surface area contributed by atoms with Crippen LogP contribution in [0.25, 0.3) is 0 Å². The number of aliphatic hydroxyl groups is 1. The molecule has 1 amide bonds. The van der Waals surface area contributed by atoms with Crippen molar-refractivity contribution >= 4 is 5.91 Å². The lowest BCUT2D eigenvalue weighted by Crippen LogP contribution is -2.44. The van der Waals surface area contributed by atoms with Gasteiger partial charge in [-0.05, 0) is 19.4 Å². The molecule has 4 nitrogen and oxygen atoms in total. The Balaban J connectivity index is 2.20. The molecule has 0 bridgehead atoms. The number of halogens is 2. The van der Waals surface area contributed by atoms with E-state index in [1.165, 1.54) is 0 Å². The molecule has 0 aromatic carbocycles. The third kappa shape index (κ3) is 3.19. The summed E-state index contributed by atoms with van der Waals surface area (Å²) >= 11 is 0. The molecule has 1 saturated heterocycles. The molecule has 3 N–H and O–H groups in total. The van der Waals surface area contributed by atoms with Gasteiger partial charge in [0.25, 0.3) is 6.43 Å². The van der Waals surface area contributed by atoms with Crippen molar-refractivity contribution in [3.05, 3.63) is 0 Å². The zero-order valence-corrected chi connectivity index (χ0v) is 7.67. The lowest BCUT2D eigenvalue weighted by Gasteiger charge is -2.13. The minimum absolute atomic E-state index is 0.292. The summed E-state index contributed by atoms with van der Waals surface area (Å²) in [7, 11) is 0. The summed E-state index contributed by atoms with van der Waals surface area (Å²) < 4.78 is 23.7. The van der Waals surface area contributed by atoms with Crippen molar-refractivity contribution in [1.82, 2.24) is 10.6 Å². The first-order valence-electron chi connectivity index (χ1n) is 4.58. The van der Waals surface area contributed by atoms with E-state index in [9.17, 15) is 13.6 Å². The lowest BCUT2D eigenvalue weighted by molar-refractivity contribution is -0.123. The summed E-state index contributed by atoms with van der Waals surface area (Å²) in [4.78, 5) is 11.2. The van der Waals surface area contributed by atoms with Crippen LogP contribution >= 0.6 is 0 Å². The van der Waals surface area contributed by atoms with Gasteiger partial charge in [0.15, 0.2) is 0 Å². The van der Waals surface area contributed by atoms with Gasteiger partial charge in [-0.2, -0.15) is 0 Å². The number of aliphatic hydroxyl groups excluding tert-OH is 1. The van der Waals surface area contributed by atoms with Crippen molar-refractivity contribution < 1.29 is 18.7 Å². The second kappa shape index (κ2) is 5.21. The van der Waals surface area contributed by atoms with Gasteiger partial charge in [-0.3, -0.25) is 4.79 Å². The molecule has 0 spiro atoms. The molecule has 1 aliphatic heterocycles. The molecule has 1 unspecified atom stereocenters. The maximum atomic E-state index is 11.8. The summed E-state index contributed by atoms with van der Waals surface area (Å²) in [6, 6.07) is -0.292. The van der Waals surface area contributed by atoms with Gasteiger partial charge < -0.3 is 15.7 Å². The van der Waals surface area contributed by atoms with Gasteiger partial charge >= 0.3 is 0 Å². The van der Waals surface area contributed by atoms with Crippen molar-refractivity contribution in [3.8, 4) is 0 Å². The minimum Gasteiger partial charge on any atom is -0.385 e. The maximum absolute atomic E-state index is 11.8. The minimum atomic E-state index is -2.81. The number of hydrogen-bond acceptors (Lipinski definition) is 3. The number of carbonyl (C=O) groups excluding carboxylic acids is 1. The highest BCUT2D eigenvalue weighted by molar-refractivity contribution is 5.81. The van der Waals surface area contributed by atoms with Crippen molar-refractivity contribution in [1.29, 1.82) is 0 Å². The molecule has 82 valence electrons. The fraction of sp³-hybridized carbons (Fsp3) is 0.875. The van der Waals surface area contributed by atoms with Crippen LogP contribution in [-0.4, -0.2) is 42.7 Å². The number of alkyl halides is 2. The summed E-state index contributed by atoms with van der Waals surface area (Å²) in [5.41, 5.74) is 0. The van der Waals surface area contributed by atoms with Gasteiger partial charge in [0.1, 0.15) is 6.10 Å². The van der Waals surface area contributed by atoms with E-state index < -0.39 is 19.1 Å². The van der Waals surface area contributed by atoms with Crippen LogP contribution in [0.1, 0.15) is 12.8 Å². The van der Waals surface area contributed by atoms with E-state index in [0.717, 1.165) is 19.4 Å². The predicted molar refractivity (Wildman–Crippen MR) is 46.0 cm³/mol. The van der Waals surface area contributed by atoms with Gasteiger partial charge in [0.2, 0.25) is 5.91 Å². The van der Waals surface area contributed by atoms with Gasteiger partial charge in [0.05, 0.1) is 6.04 Å². The van der Waals surface area contributed by atoms with Gasteiger partial charge in [-0.15, -0.1) is 0 Å². The predicted octanol–water partition coefficient (Wildman–Crippen LogP) is -0.519. The average Bonchev–Trinajstić information content (AvgIpc) is 2.66. The standard InChI is InChI=1S/C8H14F2N2O2/c9-7(10)6(13)4-12-8(14)5-2-1-3-11-5/h5-7,11,13H,1-4H2,(H,12,14)/t5-,6?/m0/s1. The number of amides is 1. The third-order valence-corrected chi connectivity index (χ3v) is 2.15. The van der Waals surface area contributed by atoms with Crippen molar-refractivity contribution in [2.75, 3.05) is 13.1 Å². The molecule has 0 aromatic rings. The summed E-state index contributed by atoms with van der Waals surface area (Å²) in [5, 5.41) is 13.9. The third-order valence-electron chi connectivity index (χ3n) is 2.15. The van der Waals surface area contributed by atoms with Crippen molar-refractivity contribution in [3.63, 3.8) is 0 Å². The van der Waals surface area contributed by atoms with Crippen molar-refractivity contribution in [2.24, 2.45) is 0 Å². The van der Waals surface area contributed by atoms with Crippen LogP contribution in [0.15, 0.2) is 0 Å². The fourth-order valence-corrected chi connectivity index (χ4v) is 1.33. The number of hydrogen-bond donors (Lipinski definition) is 3. The van der Waals surface area contributed by atoms with E-state index >= 15 is 0 Å². The number of nitrogens with one attached hydrogen (secondary N) is 2. The first-order valence-corrected chi connectivity index (χ1v) is 4.58. The topological polar surface area (TPSA) is 61.4 Å². The van der Waals surface area contributed by atoms with Crippen LogP contribution < -0.4 is 10.6 Å². The van der Waals surface area contributed by atoms with Crippen LogP contribution in [0.5, 0.6) is 0 Å². The van der Waals surface area contributed by atoms with Gasteiger partial charge in [-0.1, -0.05) is 0 Å². The quantitative estimate of drug-likeness (QED) is 0.582. The average molecular weight is 208 g/mol. The molecule has 0 aromatic heterocycles. The number of rotatable bonds is 4. The number of carbonyl (C=O) groups is 1. The molecule has 6 heteroatoms. The highest BCUT2D eigenvalue weighted by Crippen LogP contribution is 2.05. The van der Waals surface area contributed by atoms with Gasteiger partial charge in [0, 0.05) is 6.54 Å². The Morgan fingerprint density at radius 3 is 2.86 bits per heavy atom. The van der Waals surface area contributed by atoms with E-state index in [-0.39, 0.29) is 11.9 Å². The SMILES string of the molecule is O=C(NCC(O)C(F)F)[C@@H]1CCCN1.